The smallest absolute Gasteiger partial charge is 0.461 e. The molecule has 3 aliphatic carbocycles. The van der Waals surface area contributed by atoms with E-state index in [0.29, 0.717) is 38.5 Å². The molecule has 35 heteroatoms. The van der Waals surface area contributed by atoms with E-state index >= 15 is 0 Å². The van der Waals surface area contributed by atoms with Crippen molar-refractivity contribution in [2.24, 2.45) is 0 Å². The van der Waals surface area contributed by atoms with Crippen LogP contribution in [0.2, 0.25) is 0 Å². The Kier molecular flexibility index (Phi) is 24.5. The fourth-order valence-electron chi connectivity index (χ4n) is 7.70. The van der Waals surface area contributed by atoms with E-state index in [-0.39, 0.29) is 35.6 Å². The lowest BCUT2D eigenvalue weighted by Crippen LogP contribution is -2.39. The van der Waals surface area contributed by atoms with Crippen LogP contribution < -0.4 is 42.4 Å². The second-order valence-electron chi connectivity index (χ2n) is 20.5. The zero-order chi connectivity index (χ0) is 68.3. The minimum absolute atomic E-state index is 0.0296. The van der Waals surface area contributed by atoms with Gasteiger partial charge < -0.3 is 41.4 Å². The first-order chi connectivity index (χ1) is 43.8. The Bertz CT molecular complexity index is 3350. The molecule has 3 aliphatic rings. The third kappa shape index (κ3) is 18.5. The number of halogens is 14. The average Bonchev–Trinajstić information content (AvgIpc) is 0.797. The molecule has 93 heavy (non-hydrogen) atoms. The van der Waals surface area contributed by atoms with Crippen molar-refractivity contribution in [2.45, 2.75) is 122 Å². The maximum absolute atomic E-state index is 14.4. The standard InChI is InChI=1S/C20H20F4NO5P.2C19H17F5NO5P/c1-11-15(21)17(23)18(24)19(16(11)22)30-31(27,29-14-7-4-3-5-8-14)25-12(2)20(26)28-13-9-6-10-13;2*1-10(19(26)28-11-8-5-9-11)25-31(27,29-12-6-3-2-4-7-12)30-18-16(23)14(21)13(20)15(22)17(18)24/h3-5,7-8,12-13H,6,9-10H2,1-2H3,(H,25,27);2*2-4,6-7,10-11H,5,8-9H2,1H3,(H,25,27)/t12-,31+;10-,31?;10-,31-/m000/s1. The van der Waals surface area contributed by atoms with E-state index in [2.05, 4.69) is 24.3 Å². The quantitative estimate of drug-likeness (QED) is 0.0128. The zero-order valence-corrected chi connectivity index (χ0v) is 51.4. The maximum atomic E-state index is 14.4. The van der Waals surface area contributed by atoms with Crippen molar-refractivity contribution < 1.29 is 131 Å². The van der Waals surface area contributed by atoms with Gasteiger partial charge in [-0.3, -0.25) is 14.4 Å². The summed E-state index contributed by atoms with van der Waals surface area (Å²) in [5.74, 6) is -38.6. The van der Waals surface area contributed by atoms with E-state index in [4.69, 9.17) is 32.3 Å². The summed E-state index contributed by atoms with van der Waals surface area (Å²) in [4.78, 5) is 36.6. The van der Waals surface area contributed by atoms with Gasteiger partial charge in [0.2, 0.25) is 81.2 Å². The maximum Gasteiger partial charge on any atom is 0.513 e. The Balaban J connectivity index is 0.000000198. The number of carbonyl (C=O) groups is 3. The molecule has 504 valence electrons. The molecule has 0 amide bonds. The molecule has 9 rings (SSSR count). The van der Waals surface area contributed by atoms with Crippen molar-refractivity contribution in [3.63, 3.8) is 0 Å². The Labute approximate surface area is 520 Å². The summed E-state index contributed by atoms with van der Waals surface area (Å²) in [6, 6.07) is 17.6. The summed E-state index contributed by atoms with van der Waals surface area (Å²) in [5.41, 5.74) is -0.877. The number of hydrogen-bond acceptors (Lipinski definition) is 15. The van der Waals surface area contributed by atoms with Gasteiger partial charge in [0.15, 0.2) is 17.5 Å². The van der Waals surface area contributed by atoms with Gasteiger partial charge in [0.1, 0.15) is 53.7 Å². The van der Waals surface area contributed by atoms with Gasteiger partial charge in [0, 0.05) is 5.56 Å². The van der Waals surface area contributed by atoms with Crippen LogP contribution in [0.3, 0.4) is 0 Å². The second kappa shape index (κ2) is 31.4. The summed E-state index contributed by atoms with van der Waals surface area (Å²) >= 11 is 0. The average molecular weight is 1390 g/mol. The van der Waals surface area contributed by atoms with Crippen LogP contribution in [0, 0.1) is 88.4 Å². The molecule has 18 nitrogen and oxygen atoms in total. The summed E-state index contributed by atoms with van der Waals surface area (Å²) < 4.78 is 278. The van der Waals surface area contributed by atoms with Crippen LogP contribution in [0.1, 0.15) is 84.1 Å². The molecule has 0 bridgehead atoms. The number of esters is 3. The minimum atomic E-state index is -4.90. The van der Waals surface area contributed by atoms with Gasteiger partial charge in [-0.05, 0) is 122 Å². The largest absolute Gasteiger partial charge is 0.513 e. The number of benzene rings is 6. The predicted octanol–water partition coefficient (Wildman–Crippen LogP) is 15.2. The molecule has 0 saturated heterocycles. The predicted molar refractivity (Wildman–Crippen MR) is 298 cm³/mol. The second-order valence-corrected chi connectivity index (χ2v) is 25.4. The first kappa shape index (κ1) is 72.5. The fourth-order valence-corrected chi connectivity index (χ4v) is 12.3. The Hall–Kier alpha value is -7.88. The van der Waals surface area contributed by atoms with Crippen molar-refractivity contribution >= 4 is 41.1 Å². The number of nitrogens with one attached hydrogen (secondary N) is 3. The molecule has 0 aromatic heterocycles. The highest BCUT2D eigenvalue weighted by Crippen LogP contribution is 2.51. The van der Waals surface area contributed by atoms with E-state index in [1.165, 1.54) is 93.6 Å². The van der Waals surface area contributed by atoms with Crippen molar-refractivity contribution in [1.29, 1.82) is 0 Å². The van der Waals surface area contributed by atoms with E-state index in [1.807, 2.05) is 0 Å². The molecule has 3 fully saturated rings. The zero-order valence-electron chi connectivity index (χ0n) is 48.7. The van der Waals surface area contributed by atoms with Crippen LogP contribution in [0.15, 0.2) is 91.0 Å². The first-order valence-corrected chi connectivity index (χ1v) is 32.4. The van der Waals surface area contributed by atoms with E-state index in [0.717, 1.165) is 26.2 Å². The van der Waals surface area contributed by atoms with Gasteiger partial charge in [-0.1, -0.05) is 54.6 Å². The molecule has 3 saturated carbocycles. The third-order valence-corrected chi connectivity index (χ3v) is 18.2. The van der Waals surface area contributed by atoms with Crippen molar-refractivity contribution in [3.8, 4) is 34.5 Å². The van der Waals surface area contributed by atoms with Gasteiger partial charge >= 0.3 is 41.1 Å². The lowest BCUT2D eigenvalue weighted by molar-refractivity contribution is -0.155. The van der Waals surface area contributed by atoms with Crippen LogP contribution in [0.4, 0.5) is 61.5 Å². The van der Waals surface area contributed by atoms with Gasteiger partial charge in [0.05, 0.1) is 0 Å². The number of rotatable bonds is 24. The molecule has 0 heterocycles. The van der Waals surface area contributed by atoms with Crippen LogP contribution in [0.5, 0.6) is 34.5 Å². The van der Waals surface area contributed by atoms with Crippen LogP contribution in [-0.2, 0) is 42.3 Å². The van der Waals surface area contributed by atoms with Gasteiger partial charge in [-0.15, -0.1) is 0 Å². The van der Waals surface area contributed by atoms with Crippen LogP contribution in [0.25, 0.3) is 0 Å². The fraction of sp³-hybridized carbons (Fsp3) is 0.328. The summed E-state index contributed by atoms with van der Waals surface area (Å²) in [5, 5.41) is 6.47. The van der Waals surface area contributed by atoms with Gasteiger partial charge in [0.25, 0.3) is 0 Å². The molecule has 0 aliphatic heterocycles. The highest BCUT2D eigenvalue weighted by molar-refractivity contribution is 7.53. The van der Waals surface area contributed by atoms with Crippen molar-refractivity contribution in [3.05, 3.63) is 178 Å². The number of carbonyl (C=O) groups excluding carboxylic acids is 3. The minimum Gasteiger partial charge on any atom is -0.461 e. The number of ether oxygens (including phenoxy) is 3. The molecule has 0 radical (unpaired) electrons. The molecule has 1 unspecified atom stereocenters. The summed E-state index contributed by atoms with van der Waals surface area (Å²) in [6.07, 6.45) is 5.74. The molecule has 0 spiro atoms. The Morgan fingerprint density at radius 3 is 0.785 bits per heavy atom. The number of hydrogen-bond donors (Lipinski definition) is 3. The van der Waals surface area contributed by atoms with Crippen molar-refractivity contribution in [2.75, 3.05) is 0 Å². The Morgan fingerprint density at radius 2 is 0.559 bits per heavy atom. The van der Waals surface area contributed by atoms with Gasteiger partial charge in [-0.25, -0.2) is 53.2 Å². The molecule has 6 atom stereocenters. The monoisotopic (exact) mass is 1390 g/mol. The summed E-state index contributed by atoms with van der Waals surface area (Å²) in [7, 11) is -14.5. The van der Waals surface area contributed by atoms with E-state index < -0.39 is 164 Å². The normalized spacial score (nSPS) is 16.7. The highest BCUT2D eigenvalue weighted by Gasteiger charge is 2.43. The highest BCUT2D eigenvalue weighted by atomic mass is 31.2. The molecule has 6 aromatic rings. The van der Waals surface area contributed by atoms with Crippen molar-refractivity contribution in [1.82, 2.24) is 15.3 Å². The lowest BCUT2D eigenvalue weighted by atomic mass is 9.96. The number of para-hydroxylation sites is 3. The van der Waals surface area contributed by atoms with E-state index in [9.17, 15) is 89.5 Å². The molecule has 6 aromatic carbocycles. The van der Waals surface area contributed by atoms with Crippen LogP contribution in [-0.4, -0.2) is 54.3 Å². The topological polar surface area (TPSA) is 222 Å². The SMILES string of the molecule is C[C@H](NP(=O)(Oc1ccccc1)Oc1c(F)c(F)c(F)c(F)c1F)C(=O)OC1CCC1.C[C@H](N[P@](=O)(Oc1ccccc1)Oc1c(F)c(F)c(F)c(F)c1F)C(=O)OC1CCC1.Cc1c(F)c(F)c(F)c(O[P@@](=O)(N[C@@H](C)C(=O)OC2CCC2)Oc2ccccc2)c1F. The first-order valence-electron chi connectivity index (χ1n) is 27.8. The Morgan fingerprint density at radius 1 is 0.344 bits per heavy atom. The van der Waals surface area contributed by atoms with Gasteiger partial charge in [-0.2, -0.15) is 37.2 Å². The third-order valence-electron chi connectivity index (χ3n) is 13.4. The molecular weight excluding hydrogens is 1340 g/mol. The van der Waals surface area contributed by atoms with Crippen LogP contribution >= 0.6 is 23.2 Å². The van der Waals surface area contributed by atoms with E-state index in [1.54, 1.807) is 18.2 Å². The summed E-state index contributed by atoms with van der Waals surface area (Å²) in [6.45, 7) is 4.57. The molecule has 3 N–H and O–H groups in total. The lowest BCUT2D eigenvalue weighted by Gasteiger charge is -2.28. The molecular formula is C58H54F14N3O15P3.